The van der Waals surface area contributed by atoms with Crippen molar-refractivity contribution >= 4 is 16.9 Å². The van der Waals surface area contributed by atoms with Crippen molar-refractivity contribution in [2.24, 2.45) is 0 Å². The zero-order valence-electron chi connectivity index (χ0n) is 15.4. The van der Waals surface area contributed by atoms with Gasteiger partial charge in [-0.25, -0.2) is 9.59 Å². The third-order valence-corrected chi connectivity index (χ3v) is 4.86. The van der Waals surface area contributed by atoms with E-state index in [2.05, 4.69) is 6.58 Å². The number of hydrogen-bond acceptors (Lipinski definition) is 5. The molecule has 0 saturated carbocycles. The van der Waals surface area contributed by atoms with Crippen molar-refractivity contribution in [3.05, 3.63) is 82.2 Å². The maximum absolute atomic E-state index is 12.2. The Kier molecular flexibility index (Phi) is 4.98. The molecule has 4 rings (SSSR count). The molecule has 0 unspecified atom stereocenters. The summed E-state index contributed by atoms with van der Waals surface area (Å²) in [6.45, 7) is 3.50. The Morgan fingerprint density at radius 1 is 1.14 bits per heavy atom. The van der Waals surface area contributed by atoms with Gasteiger partial charge in [-0.2, -0.15) is 0 Å². The number of carbonyl (C=O) groups is 1. The van der Waals surface area contributed by atoms with E-state index in [0.717, 1.165) is 41.3 Å². The molecule has 1 aliphatic carbocycles. The van der Waals surface area contributed by atoms with Crippen LogP contribution in [0.2, 0.25) is 0 Å². The number of carbonyl (C=O) groups excluding carboxylic acids is 1. The summed E-state index contributed by atoms with van der Waals surface area (Å²) in [4.78, 5) is 24.3. The zero-order valence-corrected chi connectivity index (χ0v) is 15.4. The van der Waals surface area contributed by atoms with Gasteiger partial charge in [0.15, 0.2) is 6.61 Å². The quantitative estimate of drug-likeness (QED) is 0.282. The first-order chi connectivity index (χ1) is 13.7. The Morgan fingerprint density at radius 2 is 1.96 bits per heavy atom. The molecule has 5 nitrogen and oxygen atoms in total. The number of hydrogen-bond donors (Lipinski definition) is 0. The lowest BCUT2D eigenvalue weighted by Gasteiger charge is -2.10. The smallest absolute Gasteiger partial charge is 0.349 e. The highest BCUT2D eigenvalue weighted by molar-refractivity contribution is 5.84. The number of aryl methyl sites for hydroxylation is 1. The minimum absolute atomic E-state index is 0.222. The number of esters is 1. The minimum Gasteiger partial charge on any atom is -0.482 e. The SMILES string of the molecule is C=CCc1ccccc1OCC(=O)Oc1ccc2c3c(c(=O)oc2c1)CCC3. The molecule has 0 aliphatic heterocycles. The average Bonchev–Trinajstić information content (AvgIpc) is 3.18. The van der Waals surface area contributed by atoms with E-state index in [4.69, 9.17) is 13.9 Å². The predicted octanol–water partition coefficient (Wildman–Crippen LogP) is 3.99. The molecule has 0 atom stereocenters. The lowest BCUT2D eigenvalue weighted by atomic mass is 10.1. The summed E-state index contributed by atoms with van der Waals surface area (Å²) in [7, 11) is 0. The molecule has 28 heavy (non-hydrogen) atoms. The third-order valence-electron chi connectivity index (χ3n) is 4.86. The second kappa shape index (κ2) is 7.72. The second-order valence-corrected chi connectivity index (χ2v) is 6.72. The van der Waals surface area contributed by atoms with Crippen LogP contribution in [0.15, 0.2) is 64.3 Å². The van der Waals surface area contributed by atoms with Gasteiger partial charge in [0, 0.05) is 17.0 Å². The van der Waals surface area contributed by atoms with Gasteiger partial charge in [0.1, 0.15) is 17.1 Å². The van der Waals surface area contributed by atoms with E-state index in [1.54, 1.807) is 24.3 Å². The highest BCUT2D eigenvalue weighted by atomic mass is 16.6. The predicted molar refractivity (Wildman–Crippen MR) is 106 cm³/mol. The van der Waals surface area contributed by atoms with Crippen molar-refractivity contribution in [1.82, 2.24) is 0 Å². The Morgan fingerprint density at radius 3 is 2.82 bits per heavy atom. The maximum atomic E-state index is 12.2. The number of rotatable bonds is 6. The monoisotopic (exact) mass is 376 g/mol. The standard InChI is InChI=1S/C23H20O5/c1-2-6-15-7-3-4-10-20(15)26-14-22(24)27-16-11-12-18-17-8-5-9-19(17)23(25)28-21(18)13-16/h2-4,7,10-13H,1,5-6,8-9,14H2. The molecule has 1 aliphatic rings. The Bertz CT molecular complexity index is 1110. The van der Waals surface area contributed by atoms with Crippen LogP contribution < -0.4 is 15.1 Å². The molecule has 0 fully saturated rings. The number of para-hydroxylation sites is 1. The molecule has 0 bridgehead atoms. The van der Waals surface area contributed by atoms with Crippen molar-refractivity contribution in [2.45, 2.75) is 25.7 Å². The molecule has 0 N–H and O–H groups in total. The van der Waals surface area contributed by atoms with Gasteiger partial charge in [-0.3, -0.25) is 0 Å². The van der Waals surface area contributed by atoms with Gasteiger partial charge in [0.2, 0.25) is 0 Å². The van der Waals surface area contributed by atoms with Crippen LogP contribution in [0.5, 0.6) is 11.5 Å². The van der Waals surface area contributed by atoms with Crippen LogP contribution in [0.4, 0.5) is 0 Å². The first-order valence-electron chi connectivity index (χ1n) is 9.26. The van der Waals surface area contributed by atoms with E-state index in [0.29, 0.717) is 23.5 Å². The molecule has 0 radical (unpaired) electrons. The largest absolute Gasteiger partial charge is 0.482 e. The summed E-state index contributed by atoms with van der Waals surface area (Å²) in [5, 5.41) is 0.904. The van der Waals surface area contributed by atoms with E-state index < -0.39 is 5.97 Å². The summed E-state index contributed by atoms with van der Waals surface area (Å²) in [6, 6.07) is 12.6. The van der Waals surface area contributed by atoms with Crippen LogP contribution in [-0.4, -0.2) is 12.6 Å². The summed E-state index contributed by atoms with van der Waals surface area (Å²) in [5.41, 5.74) is 2.90. The number of allylic oxidation sites excluding steroid dienone is 1. The van der Waals surface area contributed by atoms with Gasteiger partial charge in [-0.1, -0.05) is 24.3 Å². The van der Waals surface area contributed by atoms with E-state index in [1.807, 2.05) is 24.3 Å². The maximum Gasteiger partial charge on any atom is 0.349 e. The fraction of sp³-hybridized carbons (Fsp3) is 0.217. The third kappa shape index (κ3) is 3.56. The van der Waals surface area contributed by atoms with Crippen molar-refractivity contribution in [2.75, 3.05) is 6.61 Å². The van der Waals surface area contributed by atoms with Crippen LogP contribution in [0.3, 0.4) is 0 Å². The number of fused-ring (bicyclic) bond motifs is 3. The first kappa shape index (κ1) is 18.0. The van der Waals surface area contributed by atoms with Crippen LogP contribution in [0.25, 0.3) is 11.0 Å². The van der Waals surface area contributed by atoms with Gasteiger partial charge in [0.25, 0.3) is 0 Å². The average molecular weight is 376 g/mol. The van der Waals surface area contributed by atoms with E-state index in [1.165, 1.54) is 0 Å². The molecule has 142 valence electrons. The van der Waals surface area contributed by atoms with Crippen LogP contribution >= 0.6 is 0 Å². The molecule has 0 amide bonds. The van der Waals surface area contributed by atoms with Crippen LogP contribution in [0, 0.1) is 0 Å². The minimum atomic E-state index is -0.531. The molecule has 1 heterocycles. The topological polar surface area (TPSA) is 65.7 Å². The van der Waals surface area contributed by atoms with Crippen molar-refractivity contribution in [3.8, 4) is 11.5 Å². The molecule has 2 aromatic carbocycles. The summed E-state index contributed by atoms with van der Waals surface area (Å²) >= 11 is 0. The molecule has 5 heteroatoms. The first-order valence-corrected chi connectivity index (χ1v) is 9.26. The van der Waals surface area contributed by atoms with E-state index in [-0.39, 0.29) is 12.2 Å². The van der Waals surface area contributed by atoms with Crippen LogP contribution in [-0.2, 0) is 24.1 Å². The summed E-state index contributed by atoms with van der Waals surface area (Å²) in [5.74, 6) is 0.414. The number of ether oxygens (including phenoxy) is 2. The highest BCUT2D eigenvalue weighted by Crippen LogP contribution is 2.29. The van der Waals surface area contributed by atoms with Gasteiger partial charge in [-0.05, 0) is 55.0 Å². The molecular weight excluding hydrogens is 356 g/mol. The van der Waals surface area contributed by atoms with Gasteiger partial charge in [0.05, 0.1) is 0 Å². The van der Waals surface area contributed by atoms with Gasteiger partial charge in [-0.15, -0.1) is 6.58 Å². The summed E-state index contributed by atoms with van der Waals surface area (Å²) in [6.07, 6.45) is 5.02. The van der Waals surface area contributed by atoms with Gasteiger partial charge >= 0.3 is 11.6 Å². The lowest BCUT2D eigenvalue weighted by Crippen LogP contribution is -2.18. The fourth-order valence-electron chi connectivity index (χ4n) is 3.59. The van der Waals surface area contributed by atoms with Gasteiger partial charge < -0.3 is 13.9 Å². The highest BCUT2D eigenvalue weighted by Gasteiger charge is 2.20. The molecule has 0 saturated heterocycles. The molecule has 1 aromatic heterocycles. The Hall–Kier alpha value is -3.34. The van der Waals surface area contributed by atoms with E-state index >= 15 is 0 Å². The molecule has 3 aromatic rings. The lowest BCUT2D eigenvalue weighted by molar-refractivity contribution is -0.136. The van der Waals surface area contributed by atoms with Crippen molar-refractivity contribution in [1.29, 1.82) is 0 Å². The van der Waals surface area contributed by atoms with Crippen molar-refractivity contribution < 1.29 is 18.7 Å². The molecular formula is C23H20O5. The fourth-order valence-corrected chi connectivity index (χ4v) is 3.59. The normalized spacial score (nSPS) is 12.6. The molecule has 0 spiro atoms. The van der Waals surface area contributed by atoms with Crippen LogP contribution in [0.1, 0.15) is 23.1 Å². The Labute approximate surface area is 162 Å². The zero-order chi connectivity index (χ0) is 19.5. The summed E-state index contributed by atoms with van der Waals surface area (Å²) < 4.78 is 16.4. The van der Waals surface area contributed by atoms with Crippen molar-refractivity contribution in [3.63, 3.8) is 0 Å². The Balaban J connectivity index is 1.48. The van der Waals surface area contributed by atoms with E-state index in [9.17, 15) is 9.59 Å². The number of benzene rings is 2. The second-order valence-electron chi connectivity index (χ2n) is 6.72.